The first-order valence-electron chi connectivity index (χ1n) is 7.01. The van der Waals surface area contributed by atoms with Gasteiger partial charge in [-0.3, -0.25) is 15.2 Å². The van der Waals surface area contributed by atoms with Gasteiger partial charge in [-0.15, -0.1) is 0 Å². The molecule has 1 heterocycles. The van der Waals surface area contributed by atoms with Crippen molar-refractivity contribution in [2.75, 3.05) is 12.4 Å². The molecule has 0 aromatic carbocycles. The van der Waals surface area contributed by atoms with Gasteiger partial charge in [-0.05, 0) is 39.5 Å². The molecule has 0 radical (unpaired) electrons. The Morgan fingerprint density at radius 1 is 1.65 bits per heavy atom. The summed E-state index contributed by atoms with van der Waals surface area (Å²) in [6.45, 7) is 6.35. The minimum atomic E-state index is -0.623. The Labute approximate surface area is 123 Å². The Balaban J connectivity index is 2.13. The predicted octanol–water partition coefficient (Wildman–Crippen LogP) is 1.61. The normalized spacial score (nSPS) is 18.0. The van der Waals surface area contributed by atoms with Gasteiger partial charge in [0, 0.05) is 11.8 Å². The van der Waals surface area contributed by atoms with Gasteiger partial charge in [-0.2, -0.15) is 5.10 Å². The number of rotatable bonds is 8. The van der Waals surface area contributed by atoms with Crippen LogP contribution >= 0.6 is 11.8 Å². The number of nitrogens with zero attached hydrogens (tertiary/aromatic N) is 2. The third kappa shape index (κ3) is 3.52. The van der Waals surface area contributed by atoms with Crippen molar-refractivity contribution >= 4 is 17.7 Å². The molecular weight excluding hydrogens is 276 g/mol. The van der Waals surface area contributed by atoms with Crippen molar-refractivity contribution in [1.29, 1.82) is 0 Å². The van der Waals surface area contributed by atoms with Gasteiger partial charge in [0.2, 0.25) is 0 Å². The first kappa shape index (κ1) is 15.3. The molecule has 0 aliphatic heterocycles. The second kappa shape index (κ2) is 6.58. The Morgan fingerprint density at radius 3 is 2.90 bits per heavy atom. The van der Waals surface area contributed by atoms with E-state index in [1.54, 1.807) is 0 Å². The third-order valence-corrected chi connectivity index (χ3v) is 4.36. The molecule has 0 saturated heterocycles. The van der Waals surface area contributed by atoms with E-state index >= 15 is 0 Å². The van der Waals surface area contributed by atoms with Crippen LogP contribution in [0, 0.1) is 5.92 Å². The van der Waals surface area contributed by atoms with Crippen molar-refractivity contribution < 1.29 is 9.53 Å². The van der Waals surface area contributed by atoms with Crippen LogP contribution in [0.1, 0.15) is 33.6 Å². The summed E-state index contributed by atoms with van der Waals surface area (Å²) in [7, 11) is 0. The van der Waals surface area contributed by atoms with Gasteiger partial charge in [0.1, 0.15) is 11.9 Å². The molecule has 1 aliphatic carbocycles. The highest BCUT2D eigenvalue weighted by molar-refractivity contribution is 7.99. The summed E-state index contributed by atoms with van der Waals surface area (Å²) in [6.07, 6.45) is 3.60. The second-order valence-electron chi connectivity index (χ2n) is 5.34. The second-order valence-corrected chi connectivity index (χ2v) is 6.31. The van der Waals surface area contributed by atoms with Gasteiger partial charge in [0.15, 0.2) is 5.16 Å². The molecule has 1 fully saturated rings. The summed E-state index contributed by atoms with van der Waals surface area (Å²) in [4.78, 5) is 16.6. The number of esters is 1. The zero-order chi connectivity index (χ0) is 14.6. The Bertz CT molecular complexity index is 434. The molecule has 0 amide bonds. The van der Waals surface area contributed by atoms with Crippen molar-refractivity contribution in [2.24, 2.45) is 5.92 Å². The fourth-order valence-corrected chi connectivity index (χ4v) is 3.40. The van der Waals surface area contributed by atoms with E-state index in [9.17, 15) is 4.79 Å². The molecule has 1 saturated carbocycles. The highest BCUT2D eigenvalue weighted by Crippen LogP contribution is 2.43. The van der Waals surface area contributed by atoms with Crippen LogP contribution in [-0.2, 0) is 9.53 Å². The number of carbonyl (C=O) groups excluding carboxylic acids is 1. The minimum absolute atomic E-state index is 0.150. The van der Waals surface area contributed by atoms with Gasteiger partial charge in [0.25, 0.3) is 0 Å². The molecule has 20 heavy (non-hydrogen) atoms. The van der Waals surface area contributed by atoms with Crippen LogP contribution in [0.25, 0.3) is 0 Å². The van der Waals surface area contributed by atoms with Crippen LogP contribution in [0.3, 0.4) is 0 Å². The van der Waals surface area contributed by atoms with Gasteiger partial charge in [0.05, 0.1) is 6.61 Å². The summed E-state index contributed by atoms with van der Waals surface area (Å²) >= 11 is 1.51. The molecule has 0 bridgehead atoms. The van der Waals surface area contributed by atoms with E-state index in [2.05, 4.69) is 34.3 Å². The fraction of sp³-hybridized carbons (Fsp3) is 0.769. The molecule has 1 aliphatic rings. The molecule has 0 spiro atoms. The number of thioether (sulfide) groups is 1. The Morgan fingerprint density at radius 2 is 2.40 bits per heavy atom. The highest BCUT2D eigenvalue weighted by Gasteiger charge is 2.52. The van der Waals surface area contributed by atoms with E-state index in [1.165, 1.54) is 18.1 Å². The molecular formula is C13H22N4O2S. The highest BCUT2D eigenvalue weighted by atomic mass is 32.2. The van der Waals surface area contributed by atoms with E-state index in [0.29, 0.717) is 18.3 Å². The Hall–Kier alpha value is -1.08. The average Bonchev–Trinajstić information content (AvgIpc) is 3.12. The molecule has 1 aromatic rings. The number of H-pyrrole nitrogens is 1. The maximum atomic E-state index is 12.5. The van der Waals surface area contributed by atoms with E-state index in [4.69, 9.17) is 4.74 Å². The summed E-state index contributed by atoms with van der Waals surface area (Å²) < 4.78 is 5.32. The van der Waals surface area contributed by atoms with Crippen LogP contribution in [0.5, 0.6) is 0 Å². The van der Waals surface area contributed by atoms with Crippen molar-refractivity contribution in [2.45, 2.75) is 50.4 Å². The topological polar surface area (TPSA) is 79.9 Å². The summed E-state index contributed by atoms with van der Waals surface area (Å²) in [5, 5.41) is 10.8. The smallest absolute Gasteiger partial charge is 0.327 e. The lowest BCUT2D eigenvalue weighted by Gasteiger charge is -2.34. The van der Waals surface area contributed by atoms with Crippen LogP contribution in [0.2, 0.25) is 0 Å². The van der Waals surface area contributed by atoms with Crippen molar-refractivity contribution in [3.05, 3.63) is 6.33 Å². The third-order valence-electron chi connectivity index (χ3n) is 3.29. The van der Waals surface area contributed by atoms with E-state index in [-0.39, 0.29) is 12.0 Å². The summed E-state index contributed by atoms with van der Waals surface area (Å²) in [5.41, 5.74) is -0.623. The lowest BCUT2D eigenvalue weighted by atomic mass is 9.94. The number of aromatic nitrogens is 3. The number of hydrogen-bond donors (Lipinski definition) is 2. The number of carbonyl (C=O) groups is 1. The van der Waals surface area contributed by atoms with E-state index in [1.807, 2.05) is 6.92 Å². The van der Waals surface area contributed by atoms with E-state index < -0.39 is 5.54 Å². The first-order valence-corrected chi connectivity index (χ1v) is 8.00. The largest absolute Gasteiger partial charge is 0.465 e. The van der Waals surface area contributed by atoms with Crippen LogP contribution < -0.4 is 5.32 Å². The lowest BCUT2D eigenvalue weighted by molar-refractivity contribution is -0.151. The van der Waals surface area contributed by atoms with Crippen LogP contribution in [-0.4, -0.2) is 45.1 Å². The van der Waals surface area contributed by atoms with Gasteiger partial charge in [-0.1, -0.05) is 11.8 Å². The first-order chi connectivity index (χ1) is 9.58. The number of aromatic amines is 1. The molecule has 6 nitrogen and oxygen atoms in total. The predicted molar refractivity (Wildman–Crippen MR) is 77.5 cm³/mol. The SMILES string of the molecule is CCOC(=O)C(CSc1ncn[nH]1)(NC(C)C)C1CC1. The molecule has 1 atom stereocenters. The van der Waals surface area contributed by atoms with Crippen LogP contribution in [0.4, 0.5) is 0 Å². The van der Waals surface area contributed by atoms with Gasteiger partial charge in [-0.25, -0.2) is 4.98 Å². The minimum Gasteiger partial charge on any atom is -0.465 e. The fourth-order valence-electron chi connectivity index (χ4n) is 2.36. The maximum Gasteiger partial charge on any atom is 0.327 e. The molecule has 2 rings (SSSR count). The van der Waals surface area contributed by atoms with Crippen molar-refractivity contribution in [1.82, 2.24) is 20.5 Å². The Kier molecular flexibility index (Phi) is 5.04. The maximum absolute atomic E-state index is 12.5. The summed E-state index contributed by atoms with van der Waals surface area (Å²) in [6, 6.07) is 0.218. The lowest BCUT2D eigenvalue weighted by Crippen LogP contribution is -2.59. The molecule has 1 unspecified atom stereocenters. The number of hydrogen-bond acceptors (Lipinski definition) is 6. The summed E-state index contributed by atoms with van der Waals surface area (Å²) in [5.74, 6) is 0.798. The molecule has 2 N–H and O–H groups in total. The standard InChI is InChI=1S/C13H22N4O2S/c1-4-19-11(18)13(10-5-6-10,16-9(2)3)7-20-12-14-8-15-17-12/h8-10,16H,4-7H2,1-3H3,(H,14,15,17). The van der Waals surface area contributed by atoms with Crippen LogP contribution in [0.15, 0.2) is 11.5 Å². The number of nitrogens with one attached hydrogen (secondary N) is 2. The number of ether oxygens (including phenoxy) is 1. The average molecular weight is 298 g/mol. The molecule has 7 heteroatoms. The zero-order valence-corrected chi connectivity index (χ0v) is 13.0. The molecule has 112 valence electrons. The zero-order valence-electron chi connectivity index (χ0n) is 12.2. The van der Waals surface area contributed by atoms with E-state index in [0.717, 1.165) is 18.0 Å². The van der Waals surface area contributed by atoms with Gasteiger partial charge < -0.3 is 4.74 Å². The van der Waals surface area contributed by atoms with Gasteiger partial charge >= 0.3 is 5.97 Å². The van der Waals surface area contributed by atoms with Crippen molar-refractivity contribution in [3.63, 3.8) is 0 Å². The quantitative estimate of drug-likeness (QED) is 0.560. The monoisotopic (exact) mass is 298 g/mol. The molecule has 1 aromatic heterocycles. The van der Waals surface area contributed by atoms with Crippen molar-refractivity contribution in [3.8, 4) is 0 Å².